The van der Waals surface area contributed by atoms with E-state index in [9.17, 15) is 10.1 Å². The third-order valence-corrected chi connectivity index (χ3v) is 4.64. The van der Waals surface area contributed by atoms with E-state index in [-0.39, 0.29) is 5.56 Å². The van der Waals surface area contributed by atoms with Crippen LogP contribution in [0.2, 0.25) is 0 Å². The summed E-state index contributed by atoms with van der Waals surface area (Å²) >= 11 is 1.34. The fourth-order valence-corrected chi connectivity index (χ4v) is 2.99. The van der Waals surface area contributed by atoms with Gasteiger partial charge in [-0.15, -0.1) is 0 Å². The second kappa shape index (κ2) is 7.37. The van der Waals surface area contributed by atoms with Crippen molar-refractivity contribution in [1.29, 1.82) is 5.26 Å². The molecule has 0 spiro atoms. The highest BCUT2D eigenvalue weighted by atomic mass is 32.2. The molecule has 2 aromatic carbocycles. The van der Waals surface area contributed by atoms with Crippen LogP contribution in [0.4, 0.5) is 0 Å². The molecule has 0 aliphatic carbocycles. The van der Waals surface area contributed by atoms with Crippen molar-refractivity contribution in [3.63, 3.8) is 0 Å². The number of nitrogens with one attached hydrogen (secondary N) is 1. The van der Waals surface area contributed by atoms with Crippen molar-refractivity contribution in [1.82, 2.24) is 9.97 Å². The number of benzene rings is 2. The average molecular weight is 347 g/mol. The van der Waals surface area contributed by atoms with Crippen molar-refractivity contribution >= 4 is 11.8 Å². The minimum atomic E-state index is -0.406. The molecule has 0 unspecified atom stereocenters. The zero-order valence-corrected chi connectivity index (χ0v) is 14.9. The van der Waals surface area contributed by atoms with Crippen LogP contribution < -0.4 is 5.56 Å². The minimum absolute atomic E-state index is 0.0397. The lowest BCUT2D eigenvalue weighted by Crippen LogP contribution is -2.14. The predicted octanol–water partition coefficient (Wildman–Crippen LogP) is 4.26. The quantitative estimate of drug-likeness (QED) is 0.565. The van der Waals surface area contributed by atoms with Gasteiger partial charge in [0.2, 0.25) is 0 Å². The van der Waals surface area contributed by atoms with E-state index in [0.717, 1.165) is 23.1 Å². The van der Waals surface area contributed by atoms with Gasteiger partial charge >= 0.3 is 0 Å². The molecule has 4 nitrogen and oxygen atoms in total. The molecular formula is C20H17N3OS. The van der Waals surface area contributed by atoms with Gasteiger partial charge in [0, 0.05) is 5.56 Å². The summed E-state index contributed by atoms with van der Waals surface area (Å²) < 4.78 is 0. The van der Waals surface area contributed by atoms with Crippen molar-refractivity contribution in [3.05, 3.63) is 70.0 Å². The highest BCUT2D eigenvalue weighted by Crippen LogP contribution is 2.26. The lowest BCUT2D eigenvalue weighted by molar-refractivity contribution is 0.937. The summed E-state index contributed by atoms with van der Waals surface area (Å²) in [5.41, 5.74) is 4.33. The molecule has 0 aliphatic heterocycles. The molecular weight excluding hydrogens is 330 g/mol. The molecule has 3 aromatic rings. The van der Waals surface area contributed by atoms with Crippen LogP contribution in [0.5, 0.6) is 0 Å². The first-order chi connectivity index (χ1) is 12.2. The Kier molecular flexibility index (Phi) is 5.01. The van der Waals surface area contributed by atoms with Crippen molar-refractivity contribution in [3.8, 4) is 28.5 Å². The molecule has 25 heavy (non-hydrogen) atoms. The van der Waals surface area contributed by atoms with E-state index in [4.69, 9.17) is 0 Å². The number of aromatic amines is 1. The van der Waals surface area contributed by atoms with Gasteiger partial charge in [-0.05, 0) is 29.4 Å². The predicted molar refractivity (Wildman–Crippen MR) is 102 cm³/mol. The summed E-state index contributed by atoms with van der Waals surface area (Å²) in [7, 11) is 0. The van der Waals surface area contributed by atoms with E-state index < -0.39 is 5.56 Å². The SMILES string of the molecule is CCc1ccc(-c2ccc(-c3nc(SC)[nH]c(=O)c3C#N)cc2)cc1. The van der Waals surface area contributed by atoms with Crippen molar-refractivity contribution < 1.29 is 0 Å². The maximum atomic E-state index is 12.0. The fraction of sp³-hybridized carbons (Fsp3) is 0.150. The zero-order chi connectivity index (χ0) is 17.8. The molecule has 0 aliphatic rings. The van der Waals surface area contributed by atoms with Gasteiger partial charge in [0.25, 0.3) is 5.56 Å². The molecule has 5 heteroatoms. The van der Waals surface area contributed by atoms with E-state index in [2.05, 4.69) is 41.2 Å². The van der Waals surface area contributed by atoms with Gasteiger partial charge in [-0.1, -0.05) is 67.2 Å². The molecule has 1 N–H and O–H groups in total. The number of H-pyrrole nitrogens is 1. The summed E-state index contributed by atoms with van der Waals surface area (Å²) in [6.45, 7) is 2.13. The first-order valence-corrected chi connectivity index (χ1v) is 9.17. The maximum absolute atomic E-state index is 12.0. The Hall–Kier alpha value is -2.84. The Labute approximate surface area is 150 Å². The van der Waals surface area contributed by atoms with Crippen LogP contribution in [0.3, 0.4) is 0 Å². The van der Waals surface area contributed by atoms with E-state index in [0.29, 0.717) is 10.9 Å². The van der Waals surface area contributed by atoms with Crippen LogP contribution in [-0.4, -0.2) is 16.2 Å². The molecule has 124 valence electrons. The monoisotopic (exact) mass is 347 g/mol. The summed E-state index contributed by atoms with van der Waals surface area (Å²) in [5.74, 6) is 0. The van der Waals surface area contributed by atoms with Gasteiger partial charge in [-0.25, -0.2) is 4.98 Å². The van der Waals surface area contributed by atoms with Crippen LogP contribution in [0.15, 0.2) is 58.5 Å². The number of aryl methyl sites for hydroxylation is 1. The van der Waals surface area contributed by atoms with E-state index >= 15 is 0 Å². The molecule has 0 bridgehead atoms. The lowest BCUT2D eigenvalue weighted by Gasteiger charge is -2.07. The highest BCUT2D eigenvalue weighted by Gasteiger charge is 2.13. The van der Waals surface area contributed by atoms with Gasteiger partial charge in [-0.3, -0.25) is 4.79 Å². The average Bonchev–Trinajstić information content (AvgIpc) is 2.67. The molecule has 3 rings (SSSR count). The number of aromatic nitrogens is 2. The number of thioether (sulfide) groups is 1. The molecule has 0 radical (unpaired) electrons. The molecule has 0 saturated heterocycles. The summed E-state index contributed by atoms with van der Waals surface area (Å²) in [5, 5.41) is 9.79. The Morgan fingerprint density at radius 3 is 2.12 bits per heavy atom. The molecule has 0 amide bonds. The maximum Gasteiger partial charge on any atom is 0.270 e. The number of hydrogen-bond acceptors (Lipinski definition) is 4. The lowest BCUT2D eigenvalue weighted by atomic mass is 10.00. The van der Waals surface area contributed by atoms with Crippen molar-refractivity contribution in [2.75, 3.05) is 6.26 Å². The Balaban J connectivity index is 2.01. The van der Waals surface area contributed by atoms with Gasteiger partial charge in [0.15, 0.2) is 5.16 Å². The Morgan fingerprint density at radius 2 is 1.60 bits per heavy atom. The summed E-state index contributed by atoms with van der Waals surface area (Å²) in [6, 6.07) is 18.2. The van der Waals surface area contributed by atoms with E-state index in [1.54, 1.807) is 0 Å². The third-order valence-electron chi connectivity index (χ3n) is 4.06. The minimum Gasteiger partial charge on any atom is -0.300 e. The van der Waals surface area contributed by atoms with Crippen molar-refractivity contribution in [2.24, 2.45) is 0 Å². The first kappa shape index (κ1) is 17.0. The van der Waals surface area contributed by atoms with Gasteiger partial charge in [0.1, 0.15) is 11.6 Å². The van der Waals surface area contributed by atoms with Crippen LogP contribution in [-0.2, 0) is 6.42 Å². The van der Waals surface area contributed by atoms with Gasteiger partial charge in [-0.2, -0.15) is 5.26 Å². The number of hydrogen-bond donors (Lipinski definition) is 1. The largest absolute Gasteiger partial charge is 0.300 e. The Morgan fingerprint density at radius 1 is 1.04 bits per heavy atom. The molecule has 0 fully saturated rings. The molecule has 0 saturated carbocycles. The van der Waals surface area contributed by atoms with E-state index in [1.807, 2.05) is 36.6 Å². The smallest absolute Gasteiger partial charge is 0.270 e. The molecule has 1 heterocycles. The summed E-state index contributed by atoms with van der Waals surface area (Å²) in [4.78, 5) is 19.1. The van der Waals surface area contributed by atoms with Crippen LogP contribution in [0, 0.1) is 11.3 Å². The van der Waals surface area contributed by atoms with Crippen LogP contribution in [0.25, 0.3) is 22.4 Å². The van der Waals surface area contributed by atoms with Gasteiger partial charge < -0.3 is 4.98 Å². The van der Waals surface area contributed by atoms with E-state index in [1.165, 1.54) is 17.3 Å². The summed E-state index contributed by atoms with van der Waals surface area (Å²) in [6.07, 6.45) is 2.85. The second-order valence-corrected chi connectivity index (χ2v) is 6.33. The molecule has 0 atom stereocenters. The van der Waals surface area contributed by atoms with Crippen LogP contribution >= 0.6 is 11.8 Å². The first-order valence-electron chi connectivity index (χ1n) is 7.94. The van der Waals surface area contributed by atoms with Crippen LogP contribution in [0.1, 0.15) is 18.1 Å². The topological polar surface area (TPSA) is 69.5 Å². The standard InChI is InChI=1S/C20H17N3OS/c1-3-13-4-6-14(7-5-13)15-8-10-16(11-9-15)18-17(12-21)19(24)23-20(22-18)25-2/h4-11H,3H2,1-2H3,(H,22,23,24). The Bertz CT molecular complexity index is 983. The zero-order valence-electron chi connectivity index (χ0n) is 14.0. The normalized spacial score (nSPS) is 10.4. The van der Waals surface area contributed by atoms with Crippen molar-refractivity contribution in [2.45, 2.75) is 18.5 Å². The van der Waals surface area contributed by atoms with Gasteiger partial charge in [0.05, 0.1) is 5.69 Å². The highest BCUT2D eigenvalue weighted by molar-refractivity contribution is 7.98. The third kappa shape index (κ3) is 3.49. The fourth-order valence-electron chi connectivity index (χ4n) is 2.62. The second-order valence-electron chi connectivity index (χ2n) is 5.54. The molecule has 1 aromatic heterocycles. The number of nitriles is 1. The number of rotatable bonds is 4. The number of nitrogens with zero attached hydrogens (tertiary/aromatic N) is 2.